The zero-order chi connectivity index (χ0) is 18.7. The van der Waals surface area contributed by atoms with E-state index in [0.29, 0.717) is 24.6 Å². The fourth-order valence-electron chi connectivity index (χ4n) is 2.81. The first-order valence-electron chi connectivity index (χ1n) is 8.20. The number of para-hydroxylation sites is 2. The van der Waals surface area contributed by atoms with E-state index in [-0.39, 0.29) is 17.5 Å². The highest BCUT2D eigenvalue weighted by Gasteiger charge is 2.27. The van der Waals surface area contributed by atoms with Crippen molar-refractivity contribution in [2.24, 2.45) is 11.5 Å². The molecule has 0 spiro atoms. The molecule has 0 bridgehead atoms. The predicted molar refractivity (Wildman–Crippen MR) is 101 cm³/mol. The fraction of sp³-hybridized carbons (Fsp3) is 0.211. The number of carbonyl (C=O) groups is 1. The molecule has 0 fully saturated rings. The first kappa shape index (κ1) is 17.5. The number of hydrogen-bond acceptors (Lipinski definition) is 6. The number of anilines is 2. The minimum atomic E-state index is -0.383. The molecule has 0 saturated carbocycles. The van der Waals surface area contributed by atoms with E-state index in [4.69, 9.17) is 20.9 Å². The maximum Gasteiger partial charge on any atom is 0.279 e. The monoisotopic (exact) mass is 354 g/mol. The van der Waals surface area contributed by atoms with Gasteiger partial charge in [-0.25, -0.2) is 0 Å². The Balaban J connectivity index is 1.84. The average molecular weight is 354 g/mol. The lowest BCUT2D eigenvalue weighted by molar-refractivity contribution is -0.115. The Bertz CT molecular complexity index is 850. The SMILES string of the molecule is COc1cccc(O/C(N)=C(/N)C(=O)N2CCN(C)c3ccccc32)c1. The summed E-state index contributed by atoms with van der Waals surface area (Å²) in [5, 5.41) is 0. The molecule has 0 aliphatic carbocycles. The van der Waals surface area contributed by atoms with Gasteiger partial charge in [0.2, 0.25) is 5.88 Å². The lowest BCUT2D eigenvalue weighted by Crippen LogP contribution is -2.45. The molecule has 0 aromatic heterocycles. The minimum Gasteiger partial charge on any atom is -0.497 e. The van der Waals surface area contributed by atoms with Crippen molar-refractivity contribution in [3.8, 4) is 11.5 Å². The van der Waals surface area contributed by atoms with Crippen LogP contribution in [0.15, 0.2) is 60.1 Å². The highest BCUT2D eigenvalue weighted by molar-refractivity contribution is 6.07. The van der Waals surface area contributed by atoms with Crippen LogP contribution in [0.2, 0.25) is 0 Å². The molecule has 0 unspecified atom stereocenters. The molecule has 1 amide bonds. The van der Waals surface area contributed by atoms with Gasteiger partial charge < -0.3 is 30.7 Å². The van der Waals surface area contributed by atoms with Gasteiger partial charge >= 0.3 is 0 Å². The van der Waals surface area contributed by atoms with Crippen molar-refractivity contribution >= 4 is 17.3 Å². The third kappa shape index (κ3) is 3.37. The van der Waals surface area contributed by atoms with Gasteiger partial charge in [-0.1, -0.05) is 18.2 Å². The molecule has 3 rings (SSSR count). The van der Waals surface area contributed by atoms with E-state index in [1.807, 2.05) is 31.3 Å². The van der Waals surface area contributed by atoms with Crippen LogP contribution in [0.1, 0.15) is 0 Å². The van der Waals surface area contributed by atoms with E-state index >= 15 is 0 Å². The quantitative estimate of drug-likeness (QED) is 0.640. The zero-order valence-corrected chi connectivity index (χ0v) is 14.8. The second-order valence-corrected chi connectivity index (χ2v) is 5.93. The first-order chi connectivity index (χ1) is 12.5. The summed E-state index contributed by atoms with van der Waals surface area (Å²) < 4.78 is 10.7. The molecule has 0 saturated heterocycles. The number of benzene rings is 2. The third-order valence-electron chi connectivity index (χ3n) is 4.25. The van der Waals surface area contributed by atoms with Gasteiger partial charge in [-0.2, -0.15) is 0 Å². The number of nitrogens with zero attached hydrogens (tertiary/aromatic N) is 2. The summed E-state index contributed by atoms with van der Waals surface area (Å²) in [6.45, 7) is 1.21. The lowest BCUT2D eigenvalue weighted by Gasteiger charge is -2.35. The molecule has 136 valence electrons. The van der Waals surface area contributed by atoms with E-state index in [1.165, 1.54) is 0 Å². The summed E-state index contributed by atoms with van der Waals surface area (Å²) in [4.78, 5) is 16.6. The molecule has 26 heavy (non-hydrogen) atoms. The van der Waals surface area contributed by atoms with Crippen molar-refractivity contribution in [3.05, 3.63) is 60.1 Å². The number of methoxy groups -OCH3 is 1. The van der Waals surface area contributed by atoms with Gasteiger partial charge in [0.15, 0.2) is 5.70 Å². The number of likely N-dealkylation sites (N-methyl/N-ethyl adjacent to an activating group) is 1. The maximum absolute atomic E-state index is 12.9. The van der Waals surface area contributed by atoms with Crippen LogP contribution in [0.4, 0.5) is 11.4 Å². The summed E-state index contributed by atoms with van der Waals surface area (Å²) >= 11 is 0. The molecule has 0 atom stereocenters. The van der Waals surface area contributed by atoms with Gasteiger partial charge in [0.05, 0.1) is 18.5 Å². The van der Waals surface area contributed by atoms with Crippen LogP contribution < -0.4 is 30.7 Å². The Morgan fingerprint density at radius 1 is 1.00 bits per heavy atom. The van der Waals surface area contributed by atoms with Crippen molar-refractivity contribution in [2.45, 2.75) is 0 Å². The molecule has 7 nitrogen and oxygen atoms in total. The Kier molecular flexibility index (Phi) is 4.88. The largest absolute Gasteiger partial charge is 0.497 e. The molecule has 2 aromatic rings. The summed E-state index contributed by atoms with van der Waals surface area (Å²) in [6.07, 6.45) is 0. The number of amides is 1. The van der Waals surface area contributed by atoms with E-state index in [0.717, 1.165) is 11.4 Å². The summed E-state index contributed by atoms with van der Waals surface area (Å²) in [6, 6.07) is 14.6. The molecule has 1 heterocycles. The molecular formula is C19H22N4O3. The second-order valence-electron chi connectivity index (χ2n) is 5.93. The van der Waals surface area contributed by atoms with Gasteiger partial charge in [0.25, 0.3) is 5.91 Å². The normalized spacial score (nSPS) is 14.4. The number of nitrogens with two attached hydrogens (primary N) is 2. The van der Waals surface area contributed by atoms with Gasteiger partial charge in [-0.05, 0) is 24.3 Å². The van der Waals surface area contributed by atoms with Crippen LogP contribution in [0.5, 0.6) is 11.5 Å². The Morgan fingerprint density at radius 3 is 2.42 bits per heavy atom. The van der Waals surface area contributed by atoms with E-state index in [9.17, 15) is 4.79 Å². The van der Waals surface area contributed by atoms with E-state index in [2.05, 4.69) is 4.90 Å². The molecule has 2 aromatic carbocycles. The van der Waals surface area contributed by atoms with E-state index < -0.39 is 0 Å². The Hall–Kier alpha value is -3.35. The van der Waals surface area contributed by atoms with Crippen LogP contribution in [0, 0.1) is 0 Å². The fourth-order valence-corrected chi connectivity index (χ4v) is 2.81. The molecule has 1 aliphatic heterocycles. The summed E-state index contributed by atoms with van der Waals surface area (Å²) in [7, 11) is 3.54. The molecule has 4 N–H and O–H groups in total. The number of fused-ring (bicyclic) bond motifs is 1. The zero-order valence-electron chi connectivity index (χ0n) is 14.8. The van der Waals surface area contributed by atoms with Crippen molar-refractivity contribution < 1.29 is 14.3 Å². The van der Waals surface area contributed by atoms with Crippen LogP contribution >= 0.6 is 0 Å². The standard InChI is InChI=1S/C19H22N4O3/c1-22-10-11-23(16-9-4-3-8-15(16)22)19(24)17(20)18(21)26-14-7-5-6-13(12-14)25-2/h3-9,12H,10-11,20-21H2,1-2H3/b18-17+. The molecule has 7 heteroatoms. The van der Waals surface area contributed by atoms with Gasteiger partial charge in [-0.3, -0.25) is 4.79 Å². The first-order valence-corrected chi connectivity index (χ1v) is 8.20. The molecular weight excluding hydrogens is 332 g/mol. The van der Waals surface area contributed by atoms with Crippen LogP contribution in [-0.2, 0) is 4.79 Å². The van der Waals surface area contributed by atoms with E-state index in [1.54, 1.807) is 36.3 Å². The highest BCUT2D eigenvalue weighted by atomic mass is 16.5. The second kappa shape index (κ2) is 7.26. The minimum absolute atomic E-state index is 0.132. The van der Waals surface area contributed by atoms with Crippen molar-refractivity contribution in [2.75, 3.05) is 37.0 Å². The van der Waals surface area contributed by atoms with Crippen LogP contribution in [0.25, 0.3) is 0 Å². The number of ether oxygens (including phenoxy) is 2. The topological polar surface area (TPSA) is 94.0 Å². The van der Waals surface area contributed by atoms with Gasteiger partial charge in [0.1, 0.15) is 11.5 Å². The van der Waals surface area contributed by atoms with Crippen molar-refractivity contribution in [3.63, 3.8) is 0 Å². The Labute approximate surface area is 152 Å². The Morgan fingerprint density at radius 2 is 1.69 bits per heavy atom. The van der Waals surface area contributed by atoms with Gasteiger partial charge in [0, 0.05) is 26.2 Å². The molecule has 1 aliphatic rings. The third-order valence-corrected chi connectivity index (χ3v) is 4.25. The predicted octanol–water partition coefficient (Wildman–Crippen LogP) is 1.64. The average Bonchev–Trinajstić information content (AvgIpc) is 2.67. The van der Waals surface area contributed by atoms with Crippen LogP contribution in [0.3, 0.4) is 0 Å². The van der Waals surface area contributed by atoms with Crippen molar-refractivity contribution in [1.29, 1.82) is 0 Å². The van der Waals surface area contributed by atoms with Crippen LogP contribution in [-0.4, -0.2) is 33.2 Å². The summed E-state index contributed by atoms with van der Waals surface area (Å²) in [5.41, 5.74) is 13.6. The lowest BCUT2D eigenvalue weighted by atomic mass is 10.1. The summed E-state index contributed by atoms with van der Waals surface area (Å²) in [5.74, 6) is 0.537. The number of carbonyl (C=O) groups excluding carboxylic acids is 1. The van der Waals surface area contributed by atoms with Gasteiger partial charge in [-0.15, -0.1) is 0 Å². The smallest absolute Gasteiger partial charge is 0.279 e. The number of rotatable bonds is 4. The maximum atomic E-state index is 12.9. The molecule has 0 radical (unpaired) electrons. The highest BCUT2D eigenvalue weighted by Crippen LogP contribution is 2.32. The number of hydrogen-bond donors (Lipinski definition) is 2. The van der Waals surface area contributed by atoms with Crippen molar-refractivity contribution in [1.82, 2.24) is 0 Å².